The van der Waals surface area contributed by atoms with E-state index >= 15 is 0 Å². The van der Waals surface area contributed by atoms with Crippen LogP contribution in [0, 0.1) is 5.41 Å². The number of hydrogen-bond acceptors (Lipinski definition) is 6. The van der Waals surface area contributed by atoms with Gasteiger partial charge in [0.15, 0.2) is 5.79 Å². The zero-order chi connectivity index (χ0) is 29.6. The number of H-pyrrole nitrogens is 1. The maximum absolute atomic E-state index is 14.9. The van der Waals surface area contributed by atoms with Crippen LogP contribution in [0.25, 0.3) is 11.1 Å². The van der Waals surface area contributed by atoms with Gasteiger partial charge in [0, 0.05) is 40.6 Å². The van der Waals surface area contributed by atoms with Gasteiger partial charge in [-0.3, -0.25) is 19.8 Å². The maximum atomic E-state index is 14.9. The Morgan fingerprint density at radius 3 is 2.50 bits per heavy atom. The molecule has 0 saturated carbocycles. The molecule has 13 heteroatoms. The number of nitrogens with two attached hydrogens (primary N) is 1. The highest BCUT2D eigenvalue weighted by atomic mass is 19.3. The lowest BCUT2D eigenvalue weighted by molar-refractivity contribution is -0.152. The minimum absolute atomic E-state index is 0.00148. The fourth-order valence-electron chi connectivity index (χ4n) is 5.72. The number of rotatable bonds is 7. The predicted molar refractivity (Wildman–Crippen MR) is 146 cm³/mol. The number of alkyl halides is 2. The van der Waals surface area contributed by atoms with E-state index in [1.54, 1.807) is 30.5 Å². The molecule has 2 fully saturated rings. The van der Waals surface area contributed by atoms with Gasteiger partial charge in [-0.2, -0.15) is 8.78 Å². The van der Waals surface area contributed by atoms with Crippen molar-refractivity contribution in [3.63, 3.8) is 0 Å². The lowest BCUT2D eigenvalue weighted by Gasteiger charge is -2.24. The Morgan fingerprint density at radius 2 is 1.76 bits per heavy atom. The summed E-state index contributed by atoms with van der Waals surface area (Å²) in [5.41, 5.74) is 7.04. The molecule has 42 heavy (non-hydrogen) atoms. The third kappa shape index (κ3) is 4.80. The summed E-state index contributed by atoms with van der Waals surface area (Å²) in [4.78, 5) is 43.7. The second kappa shape index (κ2) is 10.3. The van der Waals surface area contributed by atoms with E-state index in [9.17, 15) is 23.2 Å². The number of nitrogens with one attached hydrogen (secondary N) is 4. The Morgan fingerprint density at radius 1 is 1.02 bits per heavy atom. The summed E-state index contributed by atoms with van der Waals surface area (Å²) < 4.78 is 41.3. The fourth-order valence-corrected chi connectivity index (χ4v) is 5.72. The average Bonchev–Trinajstić information content (AvgIpc) is 3.77. The number of aromatic nitrogens is 1. The molecular weight excluding hydrogens is 550 g/mol. The molecule has 1 spiro atoms. The van der Waals surface area contributed by atoms with E-state index in [0.717, 1.165) is 0 Å². The Bertz CT molecular complexity index is 1600. The van der Waals surface area contributed by atoms with E-state index in [1.807, 2.05) is 0 Å². The smallest absolute Gasteiger partial charge is 0.299 e. The molecule has 6 N–H and O–H groups in total. The highest BCUT2D eigenvalue weighted by molar-refractivity contribution is 5.99. The zero-order valence-electron chi connectivity index (χ0n) is 22.3. The number of nitrogens with zero attached hydrogens (tertiary/aromatic N) is 1. The zero-order valence-corrected chi connectivity index (χ0v) is 22.3. The van der Waals surface area contributed by atoms with Crippen molar-refractivity contribution in [2.45, 2.75) is 30.7 Å². The molecule has 3 aliphatic rings. The van der Waals surface area contributed by atoms with Crippen LogP contribution in [0.15, 0.2) is 54.7 Å². The lowest BCUT2D eigenvalue weighted by Crippen LogP contribution is -2.49. The number of hydrogen-bond donors (Lipinski definition) is 5. The quantitative estimate of drug-likeness (QED) is 0.212. The largest absolute Gasteiger partial charge is 0.384 e. The molecule has 3 aromatic rings. The van der Waals surface area contributed by atoms with Crippen LogP contribution >= 0.6 is 0 Å². The van der Waals surface area contributed by atoms with Gasteiger partial charge in [-0.1, -0.05) is 30.3 Å². The topological polar surface area (TPSA) is 163 Å². The molecule has 2 saturated heterocycles. The first kappa shape index (κ1) is 27.5. The Balaban J connectivity index is 1.13. The molecule has 3 heterocycles. The van der Waals surface area contributed by atoms with Crippen molar-refractivity contribution in [3.05, 3.63) is 82.7 Å². The summed E-state index contributed by atoms with van der Waals surface area (Å²) in [7, 11) is 0. The third-order valence-corrected chi connectivity index (χ3v) is 7.81. The van der Waals surface area contributed by atoms with Crippen molar-refractivity contribution in [1.29, 1.82) is 5.41 Å². The van der Waals surface area contributed by atoms with Crippen molar-refractivity contribution in [2.75, 3.05) is 26.3 Å². The van der Waals surface area contributed by atoms with Gasteiger partial charge in [0.2, 0.25) is 11.8 Å². The molecule has 3 amide bonds. The number of fused-ring (bicyclic) bond motifs is 3. The monoisotopic (exact) mass is 578 g/mol. The summed E-state index contributed by atoms with van der Waals surface area (Å²) in [6, 6.07) is 10.8. The molecule has 0 unspecified atom stereocenters. The lowest BCUT2D eigenvalue weighted by atomic mass is 10.0. The number of benzene rings is 2. The average molecular weight is 579 g/mol. The molecule has 1 aliphatic carbocycles. The molecule has 1 atom stereocenters. The molecule has 2 aliphatic heterocycles. The molecule has 0 bridgehead atoms. The fraction of sp³-hybridized carbons (Fsp3) is 0.310. The molecule has 2 aromatic carbocycles. The van der Waals surface area contributed by atoms with Crippen LogP contribution in [0.2, 0.25) is 0 Å². The van der Waals surface area contributed by atoms with E-state index in [1.165, 1.54) is 29.2 Å². The highest BCUT2D eigenvalue weighted by Gasteiger charge is 2.52. The van der Waals surface area contributed by atoms with E-state index in [0.29, 0.717) is 30.0 Å². The minimum atomic E-state index is -3.17. The van der Waals surface area contributed by atoms with Crippen molar-refractivity contribution >= 4 is 23.6 Å². The molecule has 218 valence electrons. The Kier molecular flexibility index (Phi) is 6.78. The summed E-state index contributed by atoms with van der Waals surface area (Å²) in [5.74, 6) is -5.99. The van der Waals surface area contributed by atoms with Crippen molar-refractivity contribution in [2.24, 2.45) is 5.73 Å². The first-order chi connectivity index (χ1) is 20.1. The number of nitrogen functional groups attached to an aromatic ring is 1. The number of ether oxygens (including phenoxy) is 2. The number of amidine groups is 1. The van der Waals surface area contributed by atoms with E-state index in [-0.39, 0.29) is 47.6 Å². The number of halogens is 2. The van der Waals surface area contributed by atoms with Gasteiger partial charge < -0.3 is 35.7 Å². The standard InChI is InChI=1S/C29H28F2N6O5/c30-29(31)21-4-2-1-3-19(21)20-10-16(5-6-22(20)29)26(39)36-14-24(38)37-15-28(41-7-8-42-28)11-23(37)27(40)35-13-18-9-17(12-34-18)25(32)33/h1-6,9-10,12,23,34H,7-8,11,13-15H2,(H3,32,33)(H,35,40)(H,36,39)/t23-/m0/s1. The molecule has 1 aromatic heterocycles. The van der Waals surface area contributed by atoms with Gasteiger partial charge in [0.1, 0.15) is 11.9 Å². The van der Waals surface area contributed by atoms with Crippen molar-refractivity contribution < 1.29 is 32.6 Å². The SMILES string of the molecule is N=C(N)c1c[nH]c(CNC(=O)[C@@H]2CC3(CN2C(=O)CNC(=O)c2ccc4c(c2)-c2ccccc2C4(F)F)OCCO3)c1. The van der Waals surface area contributed by atoms with Gasteiger partial charge >= 0.3 is 0 Å². The van der Waals surface area contributed by atoms with Crippen LogP contribution in [0.5, 0.6) is 0 Å². The van der Waals surface area contributed by atoms with Crippen LogP contribution in [-0.4, -0.2) is 71.6 Å². The maximum Gasteiger partial charge on any atom is 0.299 e. The first-order valence-corrected chi connectivity index (χ1v) is 13.4. The predicted octanol–water partition coefficient (Wildman–Crippen LogP) is 1.81. The molecular formula is C29H28F2N6O5. The highest BCUT2D eigenvalue weighted by Crippen LogP contribution is 2.50. The van der Waals surface area contributed by atoms with Gasteiger partial charge in [0.05, 0.1) is 32.8 Å². The summed E-state index contributed by atoms with van der Waals surface area (Å²) >= 11 is 0. The number of carbonyl (C=O) groups excluding carboxylic acids is 3. The second-order valence-electron chi connectivity index (χ2n) is 10.5. The molecule has 0 radical (unpaired) electrons. The Labute approximate surface area is 238 Å². The van der Waals surface area contributed by atoms with Crippen LogP contribution < -0.4 is 16.4 Å². The summed E-state index contributed by atoms with van der Waals surface area (Å²) in [6.07, 6.45) is 1.67. The molecule has 6 rings (SSSR count). The van der Waals surface area contributed by atoms with Crippen molar-refractivity contribution in [1.82, 2.24) is 20.5 Å². The summed E-state index contributed by atoms with van der Waals surface area (Å²) in [6.45, 7) is 0.326. The summed E-state index contributed by atoms with van der Waals surface area (Å²) in [5, 5.41) is 12.8. The number of amides is 3. The minimum Gasteiger partial charge on any atom is -0.384 e. The van der Waals surface area contributed by atoms with Gasteiger partial charge in [-0.05, 0) is 29.3 Å². The number of aromatic amines is 1. The second-order valence-corrected chi connectivity index (χ2v) is 10.5. The van der Waals surface area contributed by atoms with Gasteiger partial charge in [0.25, 0.3) is 11.8 Å². The van der Waals surface area contributed by atoms with Gasteiger partial charge in [-0.25, -0.2) is 0 Å². The van der Waals surface area contributed by atoms with Crippen LogP contribution in [0.4, 0.5) is 8.78 Å². The van der Waals surface area contributed by atoms with Crippen LogP contribution in [-0.2, 0) is 31.5 Å². The van der Waals surface area contributed by atoms with Crippen LogP contribution in [0.3, 0.4) is 0 Å². The number of likely N-dealkylation sites (tertiary alicyclic amines) is 1. The normalized spacial score (nSPS) is 19.4. The van der Waals surface area contributed by atoms with Gasteiger partial charge in [-0.15, -0.1) is 0 Å². The Hall–Kier alpha value is -4.62. The van der Waals surface area contributed by atoms with E-state index in [2.05, 4.69) is 15.6 Å². The van der Waals surface area contributed by atoms with E-state index < -0.39 is 42.0 Å². The van der Waals surface area contributed by atoms with Crippen molar-refractivity contribution in [3.8, 4) is 11.1 Å². The third-order valence-electron chi connectivity index (χ3n) is 7.81. The molecule has 11 nitrogen and oxygen atoms in total. The first-order valence-electron chi connectivity index (χ1n) is 13.4. The van der Waals surface area contributed by atoms with E-state index in [4.69, 9.17) is 20.6 Å². The number of carbonyl (C=O) groups is 3. The van der Waals surface area contributed by atoms with Crippen LogP contribution in [0.1, 0.15) is 39.2 Å².